The van der Waals surface area contributed by atoms with Gasteiger partial charge in [-0.05, 0) is 37.1 Å². The Bertz CT molecular complexity index is 1570. The molecule has 0 amide bonds. The molecule has 4 aliphatic heterocycles. The number of nitrogens with one attached hydrogen (secondary N) is 1. The minimum atomic E-state index is -1.76. The minimum absolute atomic E-state index is 0.0230. The van der Waals surface area contributed by atoms with Gasteiger partial charge in [-0.2, -0.15) is 4.89 Å². The Morgan fingerprint density at radius 2 is 1.77 bits per heavy atom. The van der Waals surface area contributed by atoms with Crippen molar-refractivity contribution in [2.24, 2.45) is 10.7 Å². The Kier molecular flexibility index (Phi) is 9.02. The molecular formula is C31H35N3O14. The highest BCUT2D eigenvalue weighted by atomic mass is 17.2. The molecule has 0 bridgehead atoms. The lowest BCUT2D eigenvalue weighted by Gasteiger charge is -2.40. The molecule has 1 saturated heterocycles. The molecule has 17 heteroatoms. The Morgan fingerprint density at radius 1 is 0.979 bits per heavy atom. The molecule has 1 aliphatic carbocycles. The van der Waals surface area contributed by atoms with E-state index in [0.717, 1.165) is 31.2 Å². The van der Waals surface area contributed by atoms with E-state index in [1.807, 2.05) is 6.07 Å². The highest BCUT2D eigenvalue weighted by Crippen LogP contribution is 2.54. The summed E-state index contributed by atoms with van der Waals surface area (Å²) < 4.78 is 33.7. The number of aliphatic hydroxyl groups excluding tert-OH is 2. The van der Waals surface area contributed by atoms with Crippen molar-refractivity contribution in [3.63, 3.8) is 0 Å². The van der Waals surface area contributed by atoms with Crippen LogP contribution in [-0.2, 0) is 28.8 Å². The first kappa shape index (κ1) is 32.0. The van der Waals surface area contributed by atoms with E-state index in [1.54, 1.807) is 24.3 Å². The average molecular weight is 674 g/mol. The number of guanidine groups is 1. The molecule has 2 aromatic carbocycles. The number of hydrogen-bond donors (Lipinski definition) is 5. The van der Waals surface area contributed by atoms with Crippen LogP contribution < -0.4 is 35.0 Å². The van der Waals surface area contributed by atoms with Crippen molar-refractivity contribution in [2.75, 3.05) is 20.0 Å². The Hall–Kier alpha value is -4.55. The standard InChI is InChI=1S/C31H35N3O14/c32-31(33-14-3-1-2-4-14)34-46-28-26(38)23(12-41-25(37)10-24(35)36)45-30(39)29(28)48-47-15-5-6-19-17(7-15)27-18(11-40-19)16-8-21-22(43-13-42-21)9-20(16)44-27/h5-9,14,18,23,26-30,38-39H,1-4,10-13H2,(H,35,36)(H3,32,33,34)/t18-,23-,26-,27+,28+,29+,30-/m1/s1. The molecule has 0 unspecified atom stereocenters. The van der Waals surface area contributed by atoms with Crippen molar-refractivity contribution in [1.29, 1.82) is 0 Å². The van der Waals surface area contributed by atoms with E-state index in [-0.39, 0.29) is 30.5 Å². The van der Waals surface area contributed by atoms with Gasteiger partial charge in [0.2, 0.25) is 12.8 Å². The van der Waals surface area contributed by atoms with E-state index in [4.69, 9.17) is 53.9 Å². The molecule has 4 heterocycles. The number of carboxylic acids is 1. The summed E-state index contributed by atoms with van der Waals surface area (Å²) in [5.41, 5.74) is 10.1. The number of aliphatic carboxylic acids is 1. The average Bonchev–Trinajstić information content (AvgIpc) is 3.82. The fourth-order valence-electron chi connectivity index (χ4n) is 6.41. The summed E-state index contributed by atoms with van der Waals surface area (Å²) >= 11 is 0. The number of nitrogens with zero attached hydrogens (tertiary/aromatic N) is 1. The third-order valence-electron chi connectivity index (χ3n) is 8.77. The van der Waals surface area contributed by atoms with Crippen LogP contribution in [0.5, 0.6) is 28.7 Å². The largest absolute Gasteiger partial charge is 0.492 e. The lowest BCUT2D eigenvalue weighted by atomic mass is 9.89. The third-order valence-corrected chi connectivity index (χ3v) is 8.77. The van der Waals surface area contributed by atoms with E-state index < -0.39 is 61.8 Å². The number of nitrogens with two attached hydrogens (primary N) is 1. The zero-order valence-corrected chi connectivity index (χ0v) is 25.5. The molecule has 7 rings (SSSR count). The number of fused-ring (bicyclic) bond motifs is 6. The van der Waals surface area contributed by atoms with Gasteiger partial charge in [-0.25, -0.2) is 10.5 Å². The first-order valence-corrected chi connectivity index (χ1v) is 15.6. The SMILES string of the molecule is NC(=NC1CCCC1)NO[C@H]1[C@H](O)[C@@H](COC(=O)CC(=O)O)O[C@@H](O)[C@H]1OOc1ccc2c(c1)[C@@H]1Oc3cc4c(cc3[C@H]1CO2)OCO4. The van der Waals surface area contributed by atoms with Gasteiger partial charge in [0.05, 0.1) is 18.6 Å². The number of carboxylic acid groups (broad SMARTS) is 1. The summed E-state index contributed by atoms with van der Waals surface area (Å²) in [5.74, 6) is 0.0961. The first-order chi connectivity index (χ1) is 23.2. The number of rotatable bonds is 10. The number of hydrogen-bond acceptors (Lipinski definition) is 14. The van der Waals surface area contributed by atoms with Crippen LogP contribution >= 0.6 is 0 Å². The number of aliphatic hydroxyl groups is 2. The van der Waals surface area contributed by atoms with Crippen LogP contribution in [0.25, 0.3) is 0 Å². The van der Waals surface area contributed by atoms with Crippen LogP contribution in [0.2, 0.25) is 0 Å². The zero-order valence-electron chi connectivity index (χ0n) is 25.5. The predicted octanol–water partition coefficient (Wildman–Crippen LogP) is 0.947. The van der Waals surface area contributed by atoms with Gasteiger partial charge in [0, 0.05) is 17.2 Å². The molecule has 6 N–H and O–H groups in total. The van der Waals surface area contributed by atoms with Gasteiger partial charge in [-0.3, -0.25) is 14.4 Å². The number of hydroxylamine groups is 1. The fraction of sp³-hybridized carbons (Fsp3) is 0.516. The maximum Gasteiger partial charge on any atom is 0.317 e. The van der Waals surface area contributed by atoms with Crippen molar-refractivity contribution in [2.45, 2.75) is 80.9 Å². The van der Waals surface area contributed by atoms with Crippen LogP contribution in [0.1, 0.15) is 55.3 Å². The molecule has 2 aromatic rings. The molecule has 48 heavy (non-hydrogen) atoms. The fourth-order valence-corrected chi connectivity index (χ4v) is 6.41. The summed E-state index contributed by atoms with van der Waals surface area (Å²) in [5, 5.41) is 30.9. The van der Waals surface area contributed by atoms with Gasteiger partial charge in [0.1, 0.15) is 48.9 Å². The van der Waals surface area contributed by atoms with E-state index in [9.17, 15) is 19.8 Å². The smallest absolute Gasteiger partial charge is 0.317 e. The molecule has 5 aliphatic rings. The molecule has 258 valence electrons. The van der Waals surface area contributed by atoms with Gasteiger partial charge in [0.15, 0.2) is 29.6 Å². The van der Waals surface area contributed by atoms with E-state index in [2.05, 4.69) is 10.5 Å². The van der Waals surface area contributed by atoms with Crippen molar-refractivity contribution < 1.29 is 67.9 Å². The number of carbonyl (C=O) groups excluding carboxylic acids is 1. The number of benzene rings is 2. The van der Waals surface area contributed by atoms with Crippen molar-refractivity contribution >= 4 is 17.9 Å². The number of esters is 1. The maximum atomic E-state index is 11.8. The van der Waals surface area contributed by atoms with Gasteiger partial charge in [0.25, 0.3) is 0 Å². The van der Waals surface area contributed by atoms with Crippen molar-refractivity contribution in [3.05, 3.63) is 41.5 Å². The van der Waals surface area contributed by atoms with E-state index in [1.165, 1.54) is 0 Å². The molecule has 1 saturated carbocycles. The summed E-state index contributed by atoms with van der Waals surface area (Å²) in [6.45, 7) is -0.0503. The van der Waals surface area contributed by atoms with Gasteiger partial charge in [-0.1, -0.05) is 12.8 Å². The number of ether oxygens (including phenoxy) is 6. The zero-order chi connectivity index (χ0) is 33.4. The summed E-state index contributed by atoms with van der Waals surface area (Å²) in [6, 6.07) is 8.69. The Morgan fingerprint density at radius 3 is 2.56 bits per heavy atom. The second kappa shape index (κ2) is 13.5. The molecule has 0 radical (unpaired) electrons. The molecular weight excluding hydrogens is 638 g/mol. The summed E-state index contributed by atoms with van der Waals surface area (Å²) in [7, 11) is 0. The maximum absolute atomic E-state index is 11.8. The van der Waals surface area contributed by atoms with Crippen molar-refractivity contribution in [1.82, 2.24) is 5.48 Å². The predicted molar refractivity (Wildman–Crippen MR) is 158 cm³/mol. The Labute approximate surface area is 273 Å². The topological polar surface area (TPSA) is 228 Å². The van der Waals surface area contributed by atoms with Crippen LogP contribution in [0.15, 0.2) is 35.3 Å². The summed E-state index contributed by atoms with van der Waals surface area (Å²) in [6.07, 6.45) is -5.01. The molecule has 17 nitrogen and oxygen atoms in total. The number of carbonyl (C=O) groups is 2. The third kappa shape index (κ3) is 6.59. The second-order valence-corrected chi connectivity index (χ2v) is 12.0. The quantitative estimate of drug-likeness (QED) is 0.0590. The second-order valence-electron chi connectivity index (χ2n) is 12.0. The summed E-state index contributed by atoms with van der Waals surface area (Å²) in [4.78, 5) is 43.9. The highest BCUT2D eigenvalue weighted by molar-refractivity contribution is 5.90. The van der Waals surface area contributed by atoms with Gasteiger partial charge < -0.3 is 54.4 Å². The van der Waals surface area contributed by atoms with Crippen LogP contribution in [-0.4, -0.2) is 90.0 Å². The minimum Gasteiger partial charge on any atom is -0.492 e. The lowest BCUT2D eigenvalue weighted by Crippen LogP contribution is -2.62. The normalized spacial score (nSPS) is 28.8. The molecule has 2 fully saturated rings. The van der Waals surface area contributed by atoms with Crippen LogP contribution in [0.3, 0.4) is 0 Å². The van der Waals surface area contributed by atoms with E-state index in [0.29, 0.717) is 35.2 Å². The molecule has 7 atom stereocenters. The molecule has 0 spiro atoms. The Balaban J connectivity index is 1.05. The number of aliphatic imine (C=N–C) groups is 1. The van der Waals surface area contributed by atoms with E-state index >= 15 is 0 Å². The highest BCUT2D eigenvalue weighted by Gasteiger charge is 2.49. The van der Waals surface area contributed by atoms with Gasteiger partial charge in [-0.15, -0.1) is 0 Å². The van der Waals surface area contributed by atoms with Gasteiger partial charge >= 0.3 is 11.9 Å². The lowest BCUT2D eigenvalue weighted by molar-refractivity contribution is -0.372. The molecule has 0 aromatic heterocycles. The monoisotopic (exact) mass is 673 g/mol. The van der Waals surface area contributed by atoms with Crippen molar-refractivity contribution in [3.8, 4) is 28.7 Å². The van der Waals surface area contributed by atoms with Crippen LogP contribution in [0.4, 0.5) is 0 Å². The first-order valence-electron chi connectivity index (χ1n) is 15.6. The van der Waals surface area contributed by atoms with Crippen LogP contribution in [0, 0.1) is 0 Å².